The topological polar surface area (TPSA) is 55.1 Å². The first-order valence-electron chi connectivity index (χ1n) is 6.10. The zero-order chi connectivity index (χ0) is 12.5. The van der Waals surface area contributed by atoms with Crippen LogP contribution in [0.25, 0.3) is 0 Å². The van der Waals surface area contributed by atoms with Gasteiger partial charge in [-0.1, -0.05) is 30.3 Å². The van der Waals surface area contributed by atoms with Crippen molar-refractivity contribution >= 4 is 5.91 Å². The van der Waals surface area contributed by atoms with E-state index in [0.29, 0.717) is 12.5 Å². The van der Waals surface area contributed by atoms with Crippen molar-refractivity contribution in [3.8, 4) is 0 Å². The number of carbonyl (C=O) groups excluding carboxylic acids is 1. The molecule has 3 heteroatoms. The van der Waals surface area contributed by atoms with Crippen molar-refractivity contribution in [3.63, 3.8) is 0 Å². The van der Waals surface area contributed by atoms with E-state index in [1.807, 2.05) is 32.0 Å². The number of amides is 1. The molecule has 1 amide bonds. The van der Waals surface area contributed by atoms with E-state index < -0.39 is 0 Å². The van der Waals surface area contributed by atoms with Crippen molar-refractivity contribution in [2.45, 2.75) is 31.7 Å². The molecule has 0 aromatic heterocycles. The summed E-state index contributed by atoms with van der Waals surface area (Å²) in [6.07, 6.45) is 0.955. The van der Waals surface area contributed by atoms with Crippen molar-refractivity contribution in [2.24, 2.45) is 11.7 Å². The third-order valence-corrected chi connectivity index (χ3v) is 3.33. The second-order valence-electron chi connectivity index (χ2n) is 5.44. The van der Waals surface area contributed by atoms with E-state index in [4.69, 9.17) is 5.73 Å². The summed E-state index contributed by atoms with van der Waals surface area (Å²) in [5, 5.41) is 3.00. The average Bonchev–Trinajstić information content (AvgIpc) is 3.10. The molecule has 0 bridgehead atoms. The molecule has 3 N–H and O–H groups in total. The molecule has 1 aromatic rings. The highest BCUT2D eigenvalue weighted by Gasteiger charge is 2.44. The van der Waals surface area contributed by atoms with E-state index in [0.717, 1.165) is 6.42 Å². The first-order valence-corrected chi connectivity index (χ1v) is 6.10. The van der Waals surface area contributed by atoms with Crippen LogP contribution in [0.1, 0.15) is 31.7 Å². The third kappa shape index (κ3) is 2.86. The zero-order valence-corrected chi connectivity index (χ0v) is 10.4. The number of benzene rings is 1. The van der Waals surface area contributed by atoms with Crippen LogP contribution in [0.5, 0.6) is 0 Å². The molecule has 2 rings (SSSR count). The summed E-state index contributed by atoms with van der Waals surface area (Å²) in [6.45, 7) is 4.36. The van der Waals surface area contributed by atoms with E-state index in [9.17, 15) is 4.79 Å². The predicted molar refractivity (Wildman–Crippen MR) is 68.6 cm³/mol. The quantitative estimate of drug-likeness (QED) is 0.829. The van der Waals surface area contributed by atoms with Crippen LogP contribution in [-0.4, -0.2) is 18.0 Å². The molecule has 3 nitrogen and oxygen atoms in total. The number of hydrogen-bond donors (Lipinski definition) is 2. The predicted octanol–water partition coefficient (Wildman–Crippen LogP) is 1.64. The summed E-state index contributed by atoms with van der Waals surface area (Å²) < 4.78 is 0. The lowest BCUT2D eigenvalue weighted by Gasteiger charge is -2.24. The molecular formula is C14H20N2O. The second-order valence-corrected chi connectivity index (χ2v) is 5.44. The highest BCUT2D eigenvalue weighted by molar-refractivity contribution is 5.83. The minimum atomic E-state index is -0.305. The monoisotopic (exact) mass is 232 g/mol. The maximum Gasteiger partial charge on any atom is 0.224 e. The van der Waals surface area contributed by atoms with Gasteiger partial charge in [0.1, 0.15) is 0 Å². The van der Waals surface area contributed by atoms with Gasteiger partial charge in [0, 0.05) is 18.0 Å². The molecular weight excluding hydrogens is 212 g/mol. The lowest BCUT2D eigenvalue weighted by atomic mass is 10.0. The zero-order valence-electron chi connectivity index (χ0n) is 10.4. The van der Waals surface area contributed by atoms with Gasteiger partial charge in [0.2, 0.25) is 5.91 Å². The summed E-state index contributed by atoms with van der Waals surface area (Å²) in [4.78, 5) is 12.0. The molecule has 1 saturated carbocycles. The number of hydrogen-bond acceptors (Lipinski definition) is 2. The van der Waals surface area contributed by atoms with Crippen LogP contribution < -0.4 is 11.1 Å². The van der Waals surface area contributed by atoms with Crippen LogP contribution in [0.2, 0.25) is 0 Å². The minimum Gasteiger partial charge on any atom is -0.350 e. The highest BCUT2D eigenvalue weighted by atomic mass is 16.2. The summed E-state index contributed by atoms with van der Waals surface area (Å²) in [5.74, 6) is 0.655. The van der Waals surface area contributed by atoms with Crippen LogP contribution in [-0.2, 0) is 4.79 Å². The van der Waals surface area contributed by atoms with Gasteiger partial charge >= 0.3 is 0 Å². The Labute approximate surface area is 102 Å². The lowest BCUT2D eigenvalue weighted by molar-refractivity contribution is -0.123. The van der Waals surface area contributed by atoms with E-state index >= 15 is 0 Å². The first-order chi connectivity index (χ1) is 8.03. The maximum atomic E-state index is 12.0. The standard InChI is InChI=1S/C14H20N2O/c1-14(2,9-15)16-13(17)12-8-11(12)10-6-4-3-5-7-10/h3-7,11-12H,8-9,15H2,1-2H3,(H,16,17). The Hall–Kier alpha value is -1.35. The van der Waals surface area contributed by atoms with E-state index in [1.54, 1.807) is 0 Å². The molecule has 17 heavy (non-hydrogen) atoms. The van der Waals surface area contributed by atoms with Gasteiger partial charge in [-0.15, -0.1) is 0 Å². The van der Waals surface area contributed by atoms with Crippen molar-refractivity contribution in [1.82, 2.24) is 5.32 Å². The van der Waals surface area contributed by atoms with Crippen LogP contribution >= 0.6 is 0 Å². The Morgan fingerprint density at radius 1 is 1.41 bits per heavy atom. The smallest absolute Gasteiger partial charge is 0.224 e. The summed E-state index contributed by atoms with van der Waals surface area (Å²) in [5.41, 5.74) is 6.56. The van der Waals surface area contributed by atoms with Gasteiger partial charge in [-0.2, -0.15) is 0 Å². The second kappa shape index (κ2) is 4.49. The number of nitrogens with one attached hydrogen (secondary N) is 1. The summed E-state index contributed by atoms with van der Waals surface area (Å²) in [6, 6.07) is 10.2. The third-order valence-electron chi connectivity index (χ3n) is 3.33. The minimum absolute atomic E-state index is 0.128. The molecule has 0 aliphatic heterocycles. The van der Waals surface area contributed by atoms with Gasteiger partial charge in [0.15, 0.2) is 0 Å². The molecule has 0 heterocycles. The van der Waals surface area contributed by atoms with Crippen LogP contribution in [0.4, 0.5) is 0 Å². The van der Waals surface area contributed by atoms with Crippen molar-refractivity contribution in [1.29, 1.82) is 0 Å². The molecule has 1 aliphatic rings. The van der Waals surface area contributed by atoms with Crippen LogP contribution in [0, 0.1) is 5.92 Å². The normalized spacial score (nSPS) is 23.2. The largest absolute Gasteiger partial charge is 0.350 e. The van der Waals surface area contributed by atoms with E-state index in [1.165, 1.54) is 5.56 Å². The Morgan fingerprint density at radius 2 is 2.06 bits per heavy atom. The van der Waals surface area contributed by atoms with Gasteiger partial charge in [-0.3, -0.25) is 4.79 Å². The number of nitrogens with two attached hydrogens (primary N) is 1. The van der Waals surface area contributed by atoms with Crippen molar-refractivity contribution in [2.75, 3.05) is 6.54 Å². The Balaban J connectivity index is 1.93. The highest BCUT2D eigenvalue weighted by Crippen LogP contribution is 2.47. The molecule has 0 radical (unpaired) electrons. The number of rotatable bonds is 4. The number of carbonyl (C=O) groups is 1. The molecule has 2 unspecified atom stereocenters. The molecule has 0 spiro atoms. The SMILES string of the molecule is CC(C)(CN)NC(=O)C1CC1c1ccccc1. The van der Waals surface area contributed by atoms with E-state index in [-0.39, 0.29) is 17.4 Å². The molecule has 1 aromatic carbocycles. The van der Waals surface area contributed by atoms with Gasteiger partial charge in [-0.05, 0) is 31.7 Å². The Morgan fingerprint density at radius 3 is 2.65 bits per heavy atom. The molecule has 1 aliphatic carbocycles. The summed E-state index contributed by atoms with van der Waals surface area (Å²) in [7, 11) is 0. The maximum absolute atomic E-state index is 12.0. The summed E-state index contributed by atoms with van der Waals surface area (Å²) >= 11 is 0. The van der Waals surface area contributed by atoms with Crippen LogP contribution in [0.15, 0.2) is 30.3 Å². The molecule has 1 fully saturated rings. The van der Waals surface area contributed by atoms with Gasteiger partial charge in [0.05, 0.1) is 0 Å². The van der Waals surface area contributed by atoms with Crippen LogP contribution in [0.3, 0.4) is 0 Å². The fraction of sp³-hybridized carbons (Fsp3) is 0.500. The molecule has 92 valence electrons. The average molecular weight is 232 g/mol. The lowest BCUT2D eigenvalue weighted by Crippen LogP contribution is -2.49. The van der Waals surface area contributed by atoms with Crippen molar-refractivity contribution < 1.29 is 4.79 Å². The fourth-order valence-electron chi connectivity index (χ4n) is 2.03. The fourth-order valence-corrected chi connectivity index (χ4v) is 2.03. The Kier molecular flexibility index (Phi) is 3.20. The van der Waals surface area contributed by atoms with Crippen molar-refractivity contribution in [3.05, 3.63) is 35.9 Å². The Bertz CT molecular complexity index is 400. The molecule has 2 atom stereocenters. The molecule has 0 saturated heterocycles. The first kappa shape index (κ1) is 12.1. The van der Waals surface area contributed by atoms with Gasteiger partial charge in [-0.25, -0.2) is 0 Å². The van der Waals surface area contributed by atoms with Gasteiger partial charge in [0.25, 0.3) is 0 Å². The van der Waals surface area contributed by atoms with Gasteiger partial charge < -0.3 is 11.1 Å². The van der Waals surface area contributed by atoms with E-state index in [2.05, 4.69) is 17.4 Å².